The average molecular weight is 316 g/mol. The van der Waals surface area contributed by atoms with E-state index in [1.807, 2.05) is 0 Å². The van der Waals surface area contributed by atoms with E-state index in [-0.39, 0.29) is 11.6 Å². The van der Waals surface area contributed by atoms with Crippen LogP contribution < -0.4 is 0 Å². The van der Waals surface area contributed by atoms with E-state index in [1.165, 1.54) is 30.4 Å². The number of nitrogens with zero attached hydrogens (tertiary/aromatic N) is 4. The molecular weight excluding hydrogens is 308 g/mol. The molecule has 0 spiro atoms. The van der Waals surface area contributed by atoms with Crippen molar-refractivity contribution in [2.75, 3.05) is 0 Å². The Hall–Kier alpha value is -1.67. The largest absolute Gasteiger partial charge is 0.331 e. The van der Waals surface area contributed by atoms with Gasteiger partial charge in [-0.15, -0.1) is 0 Å². The molecule has 0 aromatic carbocycles. The molecule has 0 bridgehead atoms. The normalized spacial score (nSPS) is 11.6. The zero-order valence-corrected chi connectivity index (χ0v) is 11.5. The van der Waals surface area contributed by atoms with Gasteiger partial charge in [0.1, 0.15) is 5.82 Å². The first kappa shape index (κ1) is 13.3. The third-order valence-electron chi connectivity index (χ3n) is 2.58. The Morgan fingerprint density at radius 2 is 2.25 bits per heavy atom. The van der Waals surface area contributed by atoms with Gasteiger partial charge >= 0.3 is 6.55 Å². The summed E-state index contributed by atoms with van der Waals surface area (Å²) in [6.07, 6.45) is 4.10. The number of nitrogens with one attached hydrogen (secondary N) is 1. The summed E-state index contributed by atoms with van der Waals surface area (Å²) in [6, 6.07) is 1.71. The van der Waals surface area contributed by atoms with Crippen molar-refractivity contribution in [1.82, 2.24) is 24.5 Å². The minimum absolute atomic E-state index is 0.283. The third-order valence-corrected chi connectivity index (χ3v) is 3.66. The van der Waals surface area contributed by atoms with Crippen molar-refractivity contribution >= 4 is 34.5 Å². The first-order valence-corrected chi connectivity index (χ1v) is 6.94. The van der Waals surface area contributed by atoms with Crippen LogP contribution in [-0.2, 0) is 5.75 Å². The van der Waals surface area contributed by atoms with Crippen molar-refractivity contribution < 1.29 is 8.78 Å². The minimum atomic E-state index is -2.59. The number of thioether (sulfide) groups is 1. The van der Waals surface area contributed by atoms with Crippen LogP contribution in [0.4, 0.5) is 8.78 Å². The van der Waals surface area contributed by atoms with Gasteiger partial charge in [0.25, 0.3) is 0 Å². The molecule has 0 aliphatic carbocycles. The molecule has 0 amide bonds. The Labute approximate surface area is 121 Å². The maximum atomic E-state index is 12.7. The highest BCUT2D eigenvalue weighted by molar-refractivity contribution is 7.98. The van der Waals surface area contributed by atoms with Crippen molar-refractivity contribution in [1.29, 1.82) is 0 Å². The Bertz CT molecular complexity index is 741. The third kappa shape index (κ3) is 2.61. The van der Waals surface area contributed by atoms with E-state index in [9.17, 15) is 8.78 Å². The predicted molar refractivity (Wildman–Crippen MR) is 71.9 cm³/mol. The maximum Gasteiger partial charge on any atom is 0.319 e. The Morgan fingerprint density at radius 1 is 1.40 bits per heavy atom. The number of halogens is 3. The SMILES string of the molecule is FC(F)n1ccnc1CSc1nc2ncc(Cl)cc2[nH]1. The number of hydrogen-bond acceptors (Lipinski definition) is 4. The van der Waals surface area contributed by atoms with E-state index in [4.69, 9.17) is 11.6 Å². The lowest BCUT2D eigenvalue weighted by Gasteiger charge is -2.04. The van der Waals surface area contributed by atoms with E-state index in [0.29, 0.717) is 21.3 Å². The van der Waals surface area contributed by atoms with Crippen LogP contribution in [0.5, 0.6) is 0 Å². The summed E-state index contributed by atoms with van der Waals surface area (Å²) >= 11 is 7.10. The van der Waals surface area contributed by atoms with Gasteiger partial charge in [-0.3, -0.25) is 4.57 Å². The lowest BCUT2D eigenvalue weighted by molar-refractivity contribution is 0.0678. The molecule has 0 saturated heterocycles. The van der Waals surface area contributed by atoms with E-state index in [2.05, 4.69) is 19.9 Å². The molecular formula is C11H8ClF2N5S. The van der Waals surface area contributed by atoms with Crippen LogP contribution in [0.1, 0.15) is 12.4 Å². The van der Waals surface area contributed by atoms with Crippen LogP contribution >= 0.6 is 23.4 Å². The van der Waals surface area contributed by atoms with Gasteiger partial charge in [0.05, 0.1) is 16.3 Å². The summed E-state index contributed by atoms with van der Waals surface area (Å²) in [4.78, 5) is 15.2. The number of rotatable bonds is 4. The number of fused-ring (bicyclic) bond motifs is 1. The molecule has 0 aliphatic heterocycles. The number of H-pyrrole nitrogens is 1. The molecule has 3 heterocycles. The topological polar surface area (TPSA) is 59.4 Å². The van der Waals surface area contributed by atoms with E-state index in [1.54, 1.807) is 6.07 Å². The maximum absolute atomic E-state index is 12.7. The van der Waals surface area contributed by atoms with Gasteiger partial charge in [0, 0.05) is 18.6 Å². The molecule has 20 heavy (non-hydrogen) atoms. The summed E-state index contributed by atoms with van der Waals surface area (Å²) in [6.45, 7) is -2.59. The number of pyridine rings is 1. The van der Waals surface area contributed by atoms with Crippen molar-refractivity contribution in [3.63, 3.8) is 0 Å². The van der Waals surface area contributed by atoms with Crippen molar-refractivity contribution in [3.05, 3.63) is 35.5 Å². The van der Waals surface area contributed by atoms with Gasteiger partial charge in [-0.05, 0) is 6.07 Å². The molecule has 0 unspecified atom stereocenters. The smallest absolute Gasteiger partial charge is 0.319 e. The van der Waals surface area contributed by atoms with Crippen LogP contribution in [0.15, 0.2) is 29.8 Å². The fourth-order valence-electron chi connectivity index (χ4n) is 1.69. The number of imidazole rings is 2. The zero-order chi connectivity index (χ0) is 14.1. The Kier molecular flexibility index (Phi) is 3.58. The Morgan fingerprint density at radius 3 is 3.05 bits per heavy atom. The van der Waals surface area contributed by atoms with Gasteiger partial charge in [0.15, 0.2) is 10.8 Å². The van der Waals surface area contributed by atoms with Crippen LogP contribution in [0.3, 0.4) is 0 Å². The van der Waals surface area contributed by atoms with Gasteiger partial charge in [-0.25, -0.2) is 15.0 Å². The average Bonchev–Trinajstić information content (AvgIpc) is 3.01. The van der Waals surface area contributed by atoms with Gasteiger partial charge in [0.2, 0.25) is 0 Å². The minimum Gasteiger partial charge on any atom is -0.331 e. The molecule has 0 aliphatic rings. The first-order chi connectivity index (χ1) is 9.63. The molecule has 0 fully saturated rings. The summed E-state index contributed by atoms with van der Waals surface area (Å²) in [5, 5.41) is 1.09. The van der Waals surface area contributed by atoms with Crippen LogP contribution in [0.25, 0.3) is 11.2 Å². The van der Waals surface area contributed by atoms with Crippen molar-refractivity contribution in [2.24, 2.45) is 0 Å². The molecule has 3 rings (SSSR count). The summed E-state index contributed by atoms with van der Waals surface area (Å²) in [5.41, 5.74) is 1.24. The highest BCUT2D eigenvalue weighted by atomic mass is 35.5. The molecule has 0 saturated carbocycles. The molecule has 3 aromatic rings. The van der Waals surface area contributed by atoms with Crippen LogP contribution in [0, 0.1) is 0 Å². The summed E-state index contributed by atoms with van der Waals surface area (Å²) in [5.74, 6) is 0.571. The number of aromatic amines is 1. The second-order valence-corrected chi connectivity index (χ2v) is 5.28. The second-order valence-electron chi connectivity index (χ2n) is 3.88. The van der Waals surface area contributed by atoms with E-state index < -0.39 is 6.55 Å². The van der Waals surface area contributed by atoms with Gasteiger partial charge in [-0.1, -0.05) is 23.4 Å². The van der Waals surface area contributed by atoms with Crippen LogP contribution in [-0.4, -0.2) is 24.5 Å². The van der Waals surface area contributed by atoms with Crippen molar-refractivity contribution in [2.45, 2.75) is 17.5 Å². The highest BCUT2D eigenvalue weighted by Crippen LogP contribution is 2.24. The molecule has 5 nitrogen and oxygen atoms in total. The highest BCUT2D eigenvalue weighted by Gasteiger charge is 2.12. The van der Waals surface area contributed by atoms with Crippen molar-refractivity contribution in [3.8, 4) is 0 Å². The summed E-state index contributed by atoms with van der Waals surface area (Å²) < 4.78 is 26.2. The Balaban J connectivity index is 1.78. The van der Waals surface area contributed by atoms with E-state index >= 15 is 0 Å². The van der Waals surface area contributed by atoms with Gasteiger partial charge < -0.3 is 4.98 Å². The molecule has 104 valence electrons. The zero-order valence-electron chi connectivity index (χ0n) is 9.92. The number of aromatic nitrogens is 5. The lowest BCUT2D eigenvalue weighted by atomic mass is 10.4. The molecule has 9 heteroatoms. The molecule has 3 aromatic heterocycles. The molecule has 1 N–H and O–H groups in total. The summed E-state index contributed by atoms with van der Waals surface area (Å²) in [7, 11) is 0. The molecule has 0 radical (unpaired) electrons. The first-order valence-electron chi connectivity index (χ1n) is 5.57. The second kappa shape index (κ2) is 5.37. The lowest BCUT2D eigenvalue weighted by Crippen LogP contribution is -2.02. The fraction of sp³-hybridized carbons (Fsp3) is 0.182. The van der Waals surface area contributed by atoms with Crippen LogP contribution in [0.2, 0.25) is 5.02 Å². The monoisotopic (exact) mass is 315 g/mol. The standard InChI is InChI=1S/C11H8ClF2N5S/c12-6-3-7-9(16-4-6)18-11(17-7)20-5-8-15-1-2-19(8)10(13)14/h1-4,10H,5H2,(H,16,17,18). The van der Waals surface area contributed by atoms with E-state index in [0.717, 1.165) is 4.57 Å². The van der Waals surface area contributed by atoms with Gasteiger partial charge in [-0.2, -0.15) is 8.78 Å². The predicted octanol–water partition coefficient (Wildman–Crippen LogP) is 3.50. The molecule has 0 atom stereocenters. The number of hydrogen-bond donors (Lipinski definition) is 1. The fourth-order valence-corrected chi connectivity index (χ4v) is 2.67. The quantitative estimate of drug-likeness (QED) is 0.749. The number of alkyl halides is 2.